The number of hydrogen-bond donors (Lipinski definition) is 0. The molecule has 116 valence electrons. The highest BCUT2D eigenvalue weighted by molar-refractivity contribution is 5.69. The molecule has 0 atom stereocenters. The molecule has 0 aromatic carbocycles. The zero-order valence-corrected chi connectivity index (χ0v) is 12.7. The number of hydrogen-bond acceptors (Lipinski definition) is 5. The predicted molar refractivity (Wildman–Crippen MR) is 76.1 cm³/mol. The molecule has 0 rings (SSSR count). The Morgan fingerprint density at radius 1 is 0.950 bits per heavy atom. The fourth-order valence-electron chi connectivity index (χ4n) is 1.21. The fourth-order valence-corrected chi connectivity index (χ4v) is 1.21. The molecule has 0 unspecified atom stereocenters. The summed E-state index contributed by atoms with van der Waals surface area (Å²) in [5.41, 5.74) is -0.447. The molecular weight excluding hydrogens is 262 g/mol. The van der Waals surface area contributed by atoms with Gasteiger partial charge in [-0.15, -0.1) is 0 Å². The monoisotopic (exact) mass is 288 g/mol. The Bertz CT molecular complexity index is 293. The smallest absolute Gasteiger partial charge is 0.308 e. The van der Waals surface area contributed by atoms with Gasteiger partial charge in [-0.05, 0) is 20.8 Å². The lowest BCUT2D eigenvalue weighted by atomic mass is 10.2. The predicted octanol–water partition coefficient (Wildman–Crippen LogP) is 1.73. The number of ether oxygens (including phenoxy) is 4. The van der Waals surface area contributed by atoms with Gasteiger partial charge < -0.3 is 18.9 Å². The minimum Gasteiger partial charge on any atom is -0.460 e. The maximum Gasteiger partial charge on any atom is 0.308 e. The molecule has 0 amide bonds. The summed E-state index contributed by atoms with van der Waals surface area (Å²) in [6, 6.07) is 0. The van der Waals surface area contributed by atoms with E-state index in [1.165, 1.54) is 0 Å². The van der Waals surface area contributed by atoms with Crippen LogP contribution >= 0.6 is 0 Å². The third-order valence-electron chi connectivity index (χ3n) is 1.98. The molecule has 6 nitrogen and oxygen atoms in total. The lowest BCUT2D eigenvalue weighted by Crippen LogP contribution is -2.24. The van der Waals surface area contributed by atoms with Gasteiger partial charge in [-0.25, -0.2) is 0 Å². The molecule has 0 radical (unpaired) electrons. The van der Waals surface area contributed by atoms with Crippen LogP contribution in [0.15, 0.2) is 0 Å². The SMILES string of the molecule is C#[N+]CCOCCOCCOCCC(=O)OC(C)(C)C. The van der Waals surface area contributed by atoms with Gasteiger partial charge in [0.05, 0.1) is 39.5 Å². The fraction of sp³-hybridized carbons (Fsp3) is 0.857. The van der Waals surface area contributed by atoms with Gasteiger partial charge in [0.25, 0.3) is 13.1 Å². The van der Waals surface area contributed by atoms with Crippen molar-refractivity contribution in [2.75, 3.05) is 46.2 Å². The van der Waals surface area contributed by atoms with Crippen molar-refractivity contribution in [3.8, 4) is 6.57 Å². The topological polar surface area (TPSA) is 58.3 Å². The quantitative estimate of drug-likeness (QED) is 0.428. The maximum atomic E-state index is 11.4. The average Bonchev–Trinajstić information content (AvgIpc) is 2.34. The van der Waals surface area contributed by atoms with Crippen molar-refractivity contribution in [3.63, 3.8) is 0 Å². The van der Waals surface area contributed by atoms with E-state index in [0.29, 0.717) is 46.2 Å². The second kappa shape index (κ2) is 11.6. The van der Waals surface area contributed by atoms with E-state index in [2.05, 4.69) is 4.85 Å². The van der Waals surface area contributed by atoms with Crippen LogP contribution in [-0.4, -0.2) is 57.8 Å². The lowest BCUT2D eigenvalue weighted by molar-refractivity contribution is -0.156. The number of carbonyl (C=O) groups excluding carboxylic acids is 1. The summed E-state index contributed by atoms with van der Waals surface area (Å²) in [6.45, 7) is 13.7. The van der Waals surface area contributed by atoms with Crippen LogP contribution < -0.4 is 0 Å². The maximum absolute atomic E-state index is 11.4. The molecular formula is C14H26NO5+. The lowest BCUT2D eigenvalue weighted by Gasteiger charge is -2.19. The van der Waals surface area contributed by atoms with Crippen LogP contribution in [0.5, 0.6) is 0 Å². The second-order valence-electron chi connectivity index (χ2n) is 5.08. The van der Waals surface area contributed by atoms with Crippen molar-refractivity contribution < 1.29 is 23.7 Å². The van der Waals surface area contributed by atoms with Crippen LogP contribution in [0.2, 0.25) is 0 Å². The standard InChI is InChI=1S/C14H26NO5/c1-14(2,3)20-13(16)5-7-17-9-11-19-12-10-18-8-6-15-4/h4H,5-12H2,1-3H3/q+1. The van der Waals surface area contributed by atoms with Crippen LogP contribution in [0.1, 0.15) is 27.2 Å². The molecule has 0 heterocycles. The molecule has 0 fully saturated rings. The summed E-state index contributed by atoms with van der Waals surface area (Å²) in [5.74, 6) is -0.253. The number of nitrogens with zero attached hydrogens (tertiary/aromatic N) is 1. The highest BCUT2D eigenvalue weighted by Crippen LogP contribution is 2.07. The number of rotatable bonds is 11. The van der Waals surface area contributed by atoms with Gasteiger partial charge in [-0.2, -0.15) is 0 Å². The van der Waals surface area contributed by atoms with E-state index in [-0.39, 0.29) is 12.4 Å². The molecule has 0 bridgehead atoms. The van der Waals surface area contributed by atoms with E-state index in [9.17, 15) is 4.79 Å². The van der Waals surface area contributed by atoms with Gasteiger partial charge in [0, 0.05) is 0 Å². The normalized spacial score (nSPS) is 11.1. The van der Waals surface area contributed by atoms with Crippen molar-refractivity contribution >= 4 is 5.97 Å². The van der Waals surface area contributed by atoms with E-state index >= 15 is 0 Å². The molecule has 0 aromatic rings. The minimum atomic E-state index is -0.447. The van der Waals surface area contributed by atoms with Crippen molar-refractivity contribution in [3.05, 3.63) is 4.85 Å². The van der Waals surface area contributed by atoms with E-state index in [0.717, 1.165) is 0 Å². The van der Waals surface area contributed by atoms with Crippen molar-refractivity contribution in [1.82, 2.24) is 0 Å². The molecule has 0 aliphatic rings. The average molecular weight is 288 g/mol. The molecule has 0 N–H and O–H groups in total. The van der Waals surface area contributed by atoms with Gasteiger partial charge in [0.15, 0.2) is 0 Å². The number of carbonyl (C=O) groups is 1. The molecule has 20 heavy (non-hydrogen) atoms. The Hall–Kier alpha value is -1.16. The van der Waals surface area contributed by atoms with Crippen LogP contribution in [0.4, 0.5) is 0 Å². The molecule has 0 aliphatic carbocycles. The van der Waals surface area contributed by atoms with E-state index in [1.807, 2.05) is 20.8 Å². The molecule has 0 aliphatic heterocycles. The largest absolute Gasteiger partial charge is 0.460 e. The third-order valence-corrected chi connectivity index (χ3v) is 1.98. The molecule has 0 spiro atoms. The van der Waals surface area contributed by atoms with Crippen molar-refractivity contribution in [1.29, 1.82) is 0 Å². The van der Waals surface area contributed by atoms with Crippen molar-refractivity contribution in [2.24, 2.45) is 0 Å². The zero-order valence-electron chi connectivity index (χ0n) is 12.7. The van der Waals surface area contributed by atoms with Gasteiger partial charge in [-0.1, -0.05) is 4.85 Å². The summed E-state index contributed by atoms with van der Waals surface area (Å²) in [6.07, 6.45) is 0.253. The first-order valence-electron chi connectivity index (χ1n) is 6.77. The third kappa shape index (κ3) is 14.9. The second-order valence-corrected chi connectivity index (χ2v) is 5.08. The summed E-state index contributed by atoms with van der Waals surface area (Å²) >= 11 is 0. The number of esters is 1. The van der Waals surface area contributed by atoms with E-state index in [1.54, 1.807) is 0 Å². The summed E-state index contributed by atoms with van der Waals surface area (Å²) in [5, 5.41) is 0. The van der Waals surface area contributed by atoms with Crippen LogP contribution in [0, 0.1) is 6.57 Å². The Morgan fingerprint density at radius 3 is 1.95 bits per heavy atom. The molecule has 6 heteroatoms. The van der Waals surface area contributed by atoms with Crippen molar-refractivity contribution in [2.45, 2.75) is 32.8 Å². The Balaban J connectivity index is 3.21. The van der Waals surface area contributed by atoms with Crippen LogP contribution in [-0.2, 0) is 23.7 Å². The molecule has 0 saturated carbocycles. The summed E-state index contributed by atoms with van der Waals surface area (Å²) < 4.78 is 20.9. The first kappa shape index (κ1) is 18.8. The van der Waals surface area contributed by atoms with Gasteiger partial charge in [-0.3, -0.25) is 4.79 Å². The molecule has 0 aromatic heterocycles. The molecule has 0 saturated heterocycles. The highest BCUT2D eigenvalue weighted by atomic mass is 16.6. The van der Waals surface area contributed by atoms with E-state index in [4.69, 9.17) is 25.5 Å². The van der Waals surface area contributed by atoms with E-state index < -0.39 is 5.60 Å². The summed E-state index contributed by atoms with van der Waals surface area (Å²) in [4.78, 5) is 14.8. The van der Waals surface area contributed by atoms with Gasteiger partial charge >= 0.3 is 5.97 Å². The first-order chi connectivity index (χ1) is 9.45. The van der Waals surface area contributed by atoms with Gasteiger partial charge in [0.1, 0.15) is 12.2 Å². The highest BCUT2D eigenvalue weighted by Gasteiger charge is 2.15. The van der Waals surface area contributed by atoms with Crippen LogP contribution in [0.3, 0.4) is 0 Å². The zero-order chi connectivity index (χ0) is 15.3. The Kier molecular flexibility index (Phi) is 11.0. The summed E-state index contributed by atoms with van der Waals surface area (Å²) in [7, 11) is 0. The first-order valence-corrected chi connectivity index (χ1v) is 6.77. The van der Waals surface area contributed by atoms with Crippen LogP contribution in [0.25, 0.3) is 4.85 Å². The Labute approximate surface area is 121 Å². The Morgan fingerprint density at radius 2 is 1.45 bits per heavy atom. The minimum absolute atomic E-state index is 0.253. The van der Waals surface area contributed by atoms with Gasteiger partial charge in [0.2, 0.25) is 0 Å².